The number of fused-ring (bicyclic) bond motifs is 1. The average Bonchev–Trinajstić information content (AvgIpc) is 2.55. The quantitative estimate of drug-likeness (QED) is 0.878. The van der Waals surface area contributed by atoms with Crippen molar-refractivity contribution in [2.45, 2.75) is 32.7 Å². The predicted octanol–water partition coefficient (Wildman–Crippen LogP) is 0.729. The number of aryl methyl sites for hydroxylation is 1. The van der Waals surface area contributed by atoms with Crippen LogP contribution in [0.2, 0.25) is 0 Å². The van der Waals surface area contributed by atoms with Gasteiger partial charge >= 0.3 is 0 Å². The van der Waals surface area contributed by atoms with Crippen molar-refractivity contribution in [1.29, 1.82) is 0 Å². The third-order valence-corrected chi connectivity index (χ3v) is 4.63. The van der Waals surface area contributed by atoms with Crippen LogP contribution < -0.4 is 11.3 Å². The molecule has 7 heteroatoms. The Hall–Kier alpha value is -2.70. The number of hydrogen-bond acceptors (Lipinski definition) is 4. The molecule has 3 heterocycles. The molecule has 1 saturated heterocycles. The van der Waals surface area contributed by atoms with Crippen LogP contribution in [0.25, 0.3) is 5.65 Å². The highest BCUT2D eigenvalue weighted by atomic mass is 16.2. The summed E-state index contributed by atoms with van der Waals surface area (Å²) in [5.41, 5.74) is 6.38. The van der Waals surface area contributed by atoms with E-state index >= 15 is 0 Å². The summed E-state index contributed by atoms with van der Waals surface area (Å²) in [6, 6.07) is 3.54. The number of piperidine rings is 1. The van der Waals surface area contributed by atoms with Crippen LogP contribution in [0.5, 0.6) is 0 Å². The van der Waals surface area contributed by atoms with Crippen LogP contribution in [0.1, 0.15) is 35.7 Å². The number of primary amides is 1. The Morgan fingerprint density at radius 3 is 2.75 bits per heavy atom. The van der Waals surface area contributed by atoms with Crippen LogP contribution in [0.4, 0.5) is 0 Å². The topological polar surface area (TPSA) is 97.8 Å². The van der Waals surface area contributed by atoms with Crippen LogP contribution >= 0.6 is 0 Å². The minimum atomic E-state index is -0.413. The van der Waals surface area contributed by atoms with Gasteiger partial charge in [0.1, 0.15) is 11.2 Å². The monoisotopic (exact) mass is 328 g/mol. The van der Waals surface area contributed by atoms with Crippen LogP contribution in [0.15, 0.2) is 29.3 Å². The second-order valence-corrected chi connectivity index (χ2v) is 6.39. The van der Waals surface area contributed by atoms with E-state index < -0.39 is 17.4 Å². The Morgan fingerprint density at radius 1 is 1.29 bits per heavy atom. The molecule has 2 atom stereocenters. The number of nitrogens with zero attached hydrogens (tertiary/aromatic N) is 3. The molecule has 1 aliphatic heterocycles. The zero-order valence-electron chi connectivity index (χ0n) is 13.7. The predicted molar refractivity (Wildman–Crippen MR) is 88.6 cm³/mol. The number of nitrogens with two attached hydrogens (primary N) is 1. The first-order valence-corrected chi connectivity index (χ1v) is 7.97. The van der Waals surface area contributed by atoms with Crippen molar-refractivity contribution in [2.75, 3.05) is 6.54 Å². The second-order valence-electron chi connectivity index (χ2n) is 6.39. The fourth-order valence-corrected chi connectivity index (χ4v) is 3.11. The smallest absolute Gasteiger partial charge is 0.270 e. The van der Waals surface area contributed by atoms with Crippen molar-refractivity contribution in [3.8, 4) is 0 Å². The van der Waals surface area contributed by atoms with Gasteiger partial charge in [-0.25, -0.2) is 4.98 Å². The van der Waals surface area contributed by atoms with Gasteiger partial charge in [0.25, 0.3) is 11.5 Å². The lowest BCUT2D eigenvalue weighted by Crippen LogP contribution is -2.49. The molecule has 3 rings (SSSR count). The lowest BCUT2D eigenvalue weighted by atomic mass is 9.92. The molecule has 24 heavy (non-hydrogen) atoms. The van der Waals surface area contributed by atoms with E-state index in [9.17, 15) is 14.4 Å². The summed E-state index contributed by atoms with van der Waals surface area (Å²) in [5.74, 6) is -1.19. The van der Waals surface area contributed by atoms with Gasteiger partial charge in [0.2, 0.25) is 5.91 Å². The highest BCUT2D eigenvalue weighted by Gasteiger charge is 2.33. The second kappa shape index (κ2) is 6.07. The van der Waals surface area contributed by atoms with Crippen molar-refractivity contribution in [1.82, 2.24) is 14.3 Å². The molecule has 7 nitrogen and oxygen atoms in total. The van der Waals surface area contributed by atoms with E-state index in [0.29, 0.717) is 18.5 Å². The third-order valence-electron chi connectivity index (χ3n) is 4.63. The molecular weight excluding hydrogens is 308 g/mol. The zero-order valence-corrected chi connectivity index (χ0v) is 13.7. The normalized spacial score (nSPS) is 21.0. The van der Waals surface area contributed by atoms with Crippen LogP contribution in [-0.4, -0.2) is 38.7 Å². The van der Waals surface area contributed by atoms with Crippen LogP contribution in [0.3, 0.4) is 0 Å². The highest BCUT2D eigenvalue weighted by molar-refractivity contribution is 5.94. The Bertz CT molecular complexity index is 874. The van der Waals surface area contributed by atoms with Gasteiger partial charge in [-0.3, -0.25) is 18.8 Å². The standard InChI is InChI=1S/C17H20N4O3/c1-10-3-6-14-19-7-13(17(24)21(14)8-10)16(23)20-9-12(15(18)22)5-4-11(20)2/h3,6-8,11-12H,4-5,9H2,1-2H3,(H2,18,22)/t11-,12-/m0/s1. The van der Waals surface area contributed by atoms with E-state index in [2.05, 4.69) is 4.98 Å². The summed E-state index contributed by atoms with van der Waals surface area (Å²) >= 11 is 0. The van der Waals surface area contributed by atoms with Gasteiger partial charge in [0.05, 0.1) is 5.92 Å². The molecule has 0 aliphatic carbocycles. The van der Waals surface area contributed by atoms with Gasteiger partial charge in [0.15, 0.2) is 0 Å². The van der Waals surface area contributed by atoms with Gasteiger partial charge in [-0.05, 0) is 38.3 Å². The van der Waals surface area contributed by atoms with Crippen molar-refractivity contribution < 1.29 is 9.59 Å². The molecule has 0 unspecified atom stereocenters. The van der Waals surface area contributed by atoms with Gasteiger partial charge in [-0.1, -0.05) is 6.07 Å². The summed E-state index contributed by atoms with van der Waals surface area (Å²) < 4.78 is 1.38. The summed E-state index contributed by atoms with van der Waals surface area (Å²) in [4.78, 5) is 42.7. The number of pyridine rings is 1. The van der Waals surface area contributed by atoms with E-state index in [1.807, 2.05) is 19.9 Å². The number of hydrogen-bond donors (Lipinski definition) is 1. The first kappa shape index (κ1) is 16.2. The molecule has 0 spiro atoms. The van der Waals surface area contributed by atoms with Gasteiger partial charge in [0, 0.05) is 25.0 Å². The Balaban J connectivity index is 2.00. The molecule has 1 aliphatic rings. The number of carbonyl (C=O) groups is 2. The van der Waals surface area contributed by atoms with Crippen molar-refractivity contribution >= 4 is 17.5 Å². The van der Waals surface area contributed by atoms with Gasteiger partial charge < -0.3 is 10.6 Å². The molecule has 0 saturated carbocycles. The largest absolute Gasteiger partial charge is 0.369 e. The summed E-state index contributed by atoms with van der Waals surface area (Å²) in [6.45, 7) is 4.02. The van der Waals surface area contributed by atoms with E-state index in [1.54, 1.807) is 17.2 Å². The Labute approximate surface area is 139 Å². The molecule has 2 N–H and O–H groups in total. The van der Waals surface area contributed by atoms with E-state index in [4.69, 9.17) is 5.73 Å². The van der Waals surface area contributed by atoms with Crippen molar-refractivity contribution in [2.24, 2.45) is 11.7 Å². The van der Waals surface area contributed by atoms with E-state index in [1.165, 1.54) is 10.6 Å². The first-order valence-electron chi connectivity index (χ1n) is 7.97. The molecule has 0 aromatic carbocycles. The Kier molecular flexibility index (Phi) is 4.09. The molecule has 2 aromatic heterocycles. The zero-order chi connectivity index (χ0) is 17.4. The molecule has 0 radical (unpaired) electrons. The van der Waals surface area contributed by atoms with Gasteiger partial charge in [-0.2, -0.15) is 0 Å². The maximum Gasteiger partial charge on any atom is 0.270 e. The van der Waals surface area contributed by atoms with E-state index in [0.717, 1.165) is 5.56 Å². The number of likely N-dealkylation sites (tertiary alicyclic amines) is 1. The fourth-order valence-electron chi connectivity index (χ4n) is 3.11. The van der Waals surface area contributed by atoms with Crippen LogP contribution in [-0.2, 0) is 4.79 Å². The van der Waals surface area contributed by atoms with Crippen LogP contribution in [0, 0.1) is 12.8 Å². The Morgan fingerprint density at radius 2 is 2.04 bits per heavy atom. The van der Waals surface area contributed by atoms with Crippen molar-refractivity contribution in [3.63, 3.8) is 0 Å². The minimum absolute atomic E-state index is 0.00932. The number of rotatable bonds is 2. The number of carbonyl (C=O) groups excluding carboxylic acids is 2. The summed E-state index contributed by atoms with van der Waals surface area (Å²) in [7, 11) is 0. The highest BCUT2D eigenvalue weighted by Crippen LogP contribution is 2.23. The van der Waals surface area contributed by atoms with Gasteiger partial charge in [-0.15, -0.1) is 0 Å². The summed E-state index contributed by atoms with van der Waals surface area (Å²) in [6.07, 6.45) is 4.32. The lowest BCUT2D eigenvalue weighted by Gasteiger charge is -2.36. The number of amides is 2. The molecule has 126 valence electrons. The molecule has 2 amide bonds. The number of aromatic nitrogens is 2. The molecule has 0 bridgehead atoms. The fraction of sp³-hybridized carbons (Fsp3) is 0.412. The molecular formula is C17H20N4O3. The third kappa shape index (κ3) is 2.77. The first-order chi connectivity index (χ1) is 11.4. The average molecular weight is 328 g/mol. The SMILES string of the molecule is Cc1ccc2ncc(C(=O)N3C[C@@H](C(N)=O)CC[C@@H]3C)c(=O)n2c1. The maximum atomic E-state index is 12.8. The minimum Gasteiger partial charge on any atom is -0.369 e. The van der Waals surface area contributed by atoms with Crippen molar-refractivity contribution in [3.05, 3.63) is 46.0 Å². The van der Waals surface area contributed by atoms with E-state index in [-0.39, 0.29) is 24.1 Å². The summed E-state index contributed by atoms with van der Waals surface area (Å²) in [5, 5.41) is 0. The lowest BCUT2D eigenvalue weighted by molar-refractivity contribution is -0.123. The molecule has 1 fully saturated rings. The molecule has 2 aromatic rings. The maximum absolute atomic E-state index is 12.8.